The van der Waals surface area contributed by atoms with Crippen molar-refractivity contribution in [1.29, 1.82) is 0 Å². The Balaban J connectivity index is 1.65. The van der Waals surface area contributed by atoms with E-state index in [4.69, 9.17) is 4.52 Å². The van der Waals surface area contributed by atoms with Crippen molar-refractivity contribution in [1.82, 2.24) is 10.1 Å². The Morgan fingerprint density at radius 3 is 2.68 bits per heavy atom. The molecule has 2 bridgehead atoms. The molecule has 0 radical (unpaired) electrons. The number of aromatic nitrogens is 1. The zero-order chi connectivity index (χ0) is 14.9. The Bertz CT molecular complexity index is 671. The van der Waals surface area contributed by atoms with Gasteiger partial charge in [0.15, 0.2) is 5.76 Å². The number of thioether (sulfide) groups is 1. The SMILES string of the molecule is Cc1cc(/C=C2\C3CCN(CC3)[C@H]2Sc2ccccc2)on1. The minimum atomic E-state index is 0.431. The van der Waals surface area contributed by atoms with E-state index in [-0.39, 0.29) is 0 Å². The van der Waals surface area contributed by atoms with Crippen molar-refractivity contribution in [3.8, 4) is 0 Å². The van der Waals surface area contributed by atoms with Crippen LogP contribution in [0.3, 0.4) is 0 Å². The smallest absolute Gasteiger partial charge is 0.159 e. The molecule has 0 saturated carbocycles. The van der Waals surface area contributed by atoms with Crippen molar-refractivity contribution in [2.45, 2.75) is 30.0 Å². The Morgan fingerprint density at radius 2 is 2.00 bits per heavy atom. The second kappa shape index (κ2) is 5.94. The van der Waals surface area contributed by atoms with E-state index in [1.165, 1.54) is 36.4 Å². The molecule has 4 heterocycles. The largest absolute Gasteiger partial charge is 0.357 e. The average Bonchev–Trinajstić information content (AvgIpc) is 2.97. The molecule has 2 aromatic rings. The van der Waals surface area contributed by atoms with Crippen LogP contribution in [0.2, 0.25) is 0 Å². The normalized spacial score (nSPS) is 29.1. The molecule has 1 aromatic heterocycles. The molecule has 3 nitrogen and oxygen atoms in total. The van der Waals surface area contributed by atoms with Crippen LogP contribution in [0.1, 0.15) is 24.3 Å². The number of nitrogens with zero attached hydrogens (tertiary/aromatic N) is 2. The molecule has 114 valence electrons. The van der Waals surface area contributed by atoms with Gasteiger partial charge in [-0.05, 0) is 49.5 Å². The average molecular weight is 312 g/mol. The van der Waals surface area contributed by atoms with Gasteiger partial charge in [0.2, 0.25) is 0 Å². The summed E-state index contributed by atoms with van der Waals surface area (Å²) in [7, 11) is 0. The number of piperidine rings is 3. The quantitative estimate of drug-likeness (QED) is 0.849. The van der Waals surface area contributed by atoms with Crippen LogP contribution in [0.25, 0.3) is 6.08 Å². The molecule has 1 atom stereocenters. The first kappa shape index (κ1) is 14.1. The molecule has 3 aliphatic rings. The molecule has 22 heavy (non-hydrogen) atoms. The van der Waals surface area contributed by atoms with Crippen LogP contribution < -0.4 is 0 Å². The zero-order valence-electron chi connectivity index (χ0n) is 12.7. The first-order valence-electron chi connectivity index (χ1n) is 7.90. The maximum Gasteiger partial charge on any atom is 0.159 e. The van der Waals surface area contributed by atoms with E-state index in [9.17, 15) is 0 Å². The summed E-state index contributed by atoms with van der Waals surface area (Å²) >= 11 is 1.96. The van der Waals surface area contributed by atoms with E-state index >= 15 is 0 Å². The number of hydrogen-bond donors (Lipinski definition) is 0. The van der Waals surface area contributed by atoms with Gasteiger partial charge in [-0.2, -0.15) is 0 Å². The highest BCUT2D eigenvalue weighted by Gasteiger charge is 2.38. The van der Waals surface area contributed by atoms with E-state index in [1.54, 1.807) is 0 Å². The predicted molar refractivity (Wildman–Crippen MR) is 89.6 cm³/mol. The molecule has 3 fully saturated rings. The second-order valence-corrected chi connectivity index (χ2v) is 7.26. The van der Waals surface area contributed by atoms with Gasteiger partial charge in [-0.3, -0.25) is 4.90 Å². The van der Waals surface area contributed by atoms with Gasteiger partial charge in [-0.25, -0.2) is 0 Å². The topological polar surface area (TPSA) is 29.3 Å². The van der Waals surface area contributed by atoms with Crippen LogP contribution in [-0.2, 0) is 0 Å². The fourth-order valence-corrected chi connectivity index (χ4v) is 4.78. The van der Waals surface area contributed by atoms with Crippen LogP contribution in [0, 0.1) is 12.8 Å². The van der Waals surface area contributed by atoms with Crippen molar-refractivity contribution in [3.05, 3.63) is 53.4 Å². The molecule has 1 aromatic carbocycles. The molecule has 0 N–H and O–H groups in total. The fourth-order valence-electron chi connectivity index (χ4n) is 3.46. The Kier molecular flexibility index (Phi) is 3.80. The lowest BCUT2D eigenvalue weighted by Crippen LogP contribution is -2.48. The molecule has 0 spiro atoms. The van der Waals surface area contributed by atoms with Crippen LogP contribution in [0.5, 0.6) is 0 Å². The van der Waals surface area contributed by atoms with Crippen molar-refractivity contribution >= 4 is 17.8 Å². The molecule has 0 unspecified atom stereocenters. The first-order chi connectivity index (χ1) is 10.8. The molecule has 5 rings (SSSR count). The number of rotatable bonds is 3. The van der Waals surface area contributed by atoms with Crippen LogP contribution >= 0.6 is 11.8 Å². The highest BCUT2D eigenvalue weighted by molar-refractivity contribution is 8.00. The lowest BCUT2D eigenvalue weighted by Gasteiger charge is -2.47. The highest BCUT2D eigenvalue weighted by atomic mass is 32.2. The van der Waals surface area contributed by atoms with E-state index < -0.39 is 0 Å². The molecular formula is C18H20N2OS. The Hall–Kier alpha value is -1.52. The monoisotopic (exact) mass is 312 g/mol. The summed E-state index contributed by atoms with van der Waals surface area (Å²) in [6.45, 7) is 4.39. The van der Waals surface area contributed by atoms with Gasteiger partial charge in [0.25, 0.3) is 0 Å². The van der Waals surface area contributed by atoms with E-state index in [1.807, 2.05) is 24.8 Å². The fraction of sp³-hybridized carbons (Fsp3) is 0.389. The third-order valence-corrected chi connectivity index (χ3v) is 5.90. The summed E-state index contributed by atoms with van der Waals surface area (Å²) in [5.74, 6) is 1.58. The van der Waals surface area contributed by atoms with Gasteiger partial charge in [0.1, 0.15) is 0 Å². The van der Waals surface area contributed by atoms with Crippen molar-refractivity contribution in [3.63, 3.8) is 0 Å². The molecule has 0 amide bonds. The van der Waals surface area contributed by atoms with Gasteiger partial charge < -0.3 is 4.52 Å². The Labute approximate surface area is 135 Å². The standard InChI is InChI=1S/C18H20N2OS/c1-13-11-15(21-19-13)12-17-14-7-9-20(10-8-14)18(17)22-16-5-3-2-4-6-16/h2-6,11-12,14,18H,7-10H2,1H3/b17-12+/t18-/m0/s1. The van der Waals surface area contributed by atoms with Crippen LogP contribution in [-0.4, -0.2) is 28.5 Å². The van der Waals surface area contributed by atoms with Gasteiger partial charge in [-0.1, -0.05) is 23.4 Å². The van der Waals surface area contributed by atoms with Gasteiger partial charge in [-0.15, -0.1) is 11.8 Å². The third-order valence-electron chi connectivity index (χ3n) is 4.56. The maximum atomic E-state index is 5.42. The van der Waals surface area contributed by atoms with Gasteiger partial charge in [0.05, 0.1) is 11.1 Å². The Morgan fingerprint density at radius 1 is 1.23 bits per heavy atom. The van der Waals surface area contributed by atoms with Gasteiger partial charge in [0, 0.05) is 24.1 Å². The number of aryl methyl sites for hydroxylation is 1. The van der Waals surface area contributed by atoms with E-state index in [0.29, 0.717) is 11.3 Å². The minimum absolute atomic E-state index is 0.431. The summed E-state index contributed by atoms with van der Waals surface area (Å²) in [5.41, 5.74) is 2.45. The summed E-state index contributed by atoms with van der Waals surface area (Å²) in [6, 6.07) is 12.7. The molecule has 3 aliphatic heterocycles. The number of hydrogen-bond acceptors (Lipinski definition) is 4. The molecule has 3 saturated heterocycles. The summed E-state index contributed by atoms with van der Waals surface area (Å²) < 4.78 is 5.42. The van der Waals surface area contributed by atoms with Crippen molar-refractivity contribution in [2.75, 3.05) is 13.1 Å². The van der Waals surface area contributed by atoms with Crippen LogP contribution in [0.15, 0.2) is 51.4 Å². The maximum absolute atomic E-state index is 5.42. The van der Waals surface area contributed by atoms with Crippen molar-refractivity contribution in [2.24, 2.45) is 5.92 Å². The number of fused-ring (bicyclic) bond motifs is 3. The van der Waals surface area contributed by atoms with Crippen LogP contribution in [0.4, 0.5) is 0 Å². The first-order valence-corrected chi connectivity index (χ1v) is 8.78. The zero-order valence-corrected chi connectivity index (χ0v) is 13.6. The third kappa shape index (κ3) is 2.73. The molecule has 4 heteroatoms. The lowest BCUT2D eigenvalue weighted by molar-refractivity contribution is 0.146. The van der Waals surface area contributed by atoms with Crippen molar-refractivity contribution < 1.29 is 4.52 Å². The molecular weight excluding hydrogens is 292 g/mol. The number of benzene rings is 1. The lowest BCUT2D eigenvalue weighted by atomic mass is 9.83. The summed E-state index contributed by atoms with van der Waals surface area (Å²) in [5, 5.41) is 4.44. The summed E-state index contributed by atoms with van der Waals surface area (Å²) in [6.07, 6.45) is 4.77. The predicted octanol–water partition coefficient (Wildman–Crippen LogP) is 4.21. The minimum Gasteiger partial charge on any atom is -0.357 e. The van der Waals surface area contributed by atoms with E-state index in [0.717, 1.165) is 11.5 Å². The highest BCUT2D eigenvalue weighted by Crippen LogP contribution is 2.44. The summed E-state index contributed by atoms with van der Waals surface area (Å²) in [4.78, 5) is 3.94. The van der Waals surface area contributed by atoms with Gasteiger partial charge >= 0.3 is 0 Å². The van der Waals surface area contributed by atoms with E-state index in [2.05, 4.69) is 46.5 Å². The second-order valence-electron chi connectivity index (χ2n) is 6.11. The molecule has 0 aliphatic carbocycles.